The summed E-state index contributed by atoms with van der Waals surface area (Å²) in [6, 6.07) is 10.6. The highest BCUT2D eigenvalue weighted by Crippen LogP contribution is 2.14. The molecule has 0 saturated carbocycles. The van der Waals surface area contributed by atoms with Crippen molar-refractivity contribution in [1.29, 1.82) is 0 Å². The third-order valence-corrected chi connectivity index (χ3v) is 4.49. The van der Waals surface area contributed by atoms with Gasteiger partial charge in [0.1, 0.15) is 0 Å². The van der Waals surface area contributed by atoms with Crippen molar-refractivity contribution in [3.8, 4) is 0 Å². The summed E-state index contributed by atoms with van der Waals surface area (Å²) < 4.78 is 5.68. The van der Waals surface area contributed by atoms with Crippen molar-refractivity contribution in [2.45, 2.75) is 38.0 Å². The molecule has 0 amide bonds. The number of rotatable bonds is 10. The zero-order chi connectivity index (χ0) is 14.8. The van der Waals surface area contributed by atoms with Crippen LogP contribution in [0.3, 0.4) is 0 Å². The van der Waals surface area contributed by atoms with E-state index < -0.39 is 0 Å². The molecule has 4 heteroatoms. The molecule has 0 bridgehead atoms. The summed E-state index contributed by atoms with van der Waals surface area (Å²) in [4.78, 5) is 4.46. The molecular formula is C17H22ClNOS. The zero-order valence-electron chi connectivity index (χ0n) is 12.3. The van der Waals surface area contributed by atoms with Crippen molar-refractivity contribution in [1.82, 2.24) is 4.98 Å². The lowest BCUT2D eigenvalue weighted by Gasteiger charge is -2.04. The highest BCUT2D eigenvalue weighted by atomic mass is 35.5. The standard InChI is InChI=1S/C17H22ClNOS/c18-13-16-14-21-17(19-16)10-4-5-11-20-12-6-9-15-7-2-1-3-8-15/h1-3,7-8,14H,4-6,9-13H2. The van der Waals surface area contributed by atoms with Gasteiger partial charge in [0.05, 0.1) is 16.6 Å². The molecule has 0 aliphatic carbocycles. The second-order valence-corrected chi connectivity index (χ2v) is 6.23. The lowest BCUT2D eigenvalue weighted by molar-refractivity contribution is 0.128. The summed E-state index contributed by atoms with van der Waals surface area (Å²) in [5, 5.41) is 3.23. The van der Waals surface area contributed by atoms with Gasteiger partial charge in [-0.3, -0.25) is 0 Å². The van der Waals surface area contributed by atoms with E-state index in [1.165, 1.54) is 10.6 Å². The lowest BCUT2D eigenvalue weighted by Crippen LogP contribution is -1.99. The number of alkyl halides is 1. The molecule has 0 unspecified atom stereocenters. The highest BCUT2D eigenvalue weighted by molar-refractivity contribution is 7.09. The fourth-order valence-electron chi connectivity index (χ4n) is 2.13. The number of benzene rings is 1. The van der Waals surface area contributed by atoms with Crippen LogP contribution in [-0.4, -0.2) is 18.2 Å². The van der Waals surface area contributed by atoms with Crippen LogP contribution < -0.4 is 0 Å². The molecule has 0 saturated heterocycles. The van der Waals surface area contributed by atoms with Crippen LogP contribution >= 0.6 is 22.9 Å². The van der Waals surface area contributed by atoms with Gasteiger partial charge in [0, 0.05) is 18.6 Å². The molecule has 0 N–H and O–H groups in total. The van der Waals surface area contributed by atoms with Gasteiger partial charge in [-0.05, 0) is 37.7 Å². The average molecular weight is 324 g/mol. The van der Waals surface area contributed by atoms with E-state index in [1.54, 1.807) is 11.3 Å². The number of aryl methyl sites for hydroxylation is 2. The minimum Gasteiger partial charge on any atom is -0.381 e. The smallest absolute Gasteiger partial charge is 0.0928 e. The van der Waals surface area contributed by atoms with E-state index in [2.05, 4.69) is 35.3 Å². The Morgan fingerprint density at radius 3 is 2.57 bits per heavy atom. The Morgan fingerprint density at radius 2 is 1.81 bits per heavy atom. The van der Waals surface area contributed by atoms with E-state index >= 15 is 0 Å². The second kappa shape index (κ2) is 9.93. The Kier molecular flexibility index (Phi) is 7.79. The Labute approximate surface area is 136 Å². The van der Waals surface area contributed by atoms with Crippen molar-refractivity contribution >= 4 is 22.9 Å². The summed E-state index contributed by atoms with van der Waals surface area (Å²) >= 11 is 7.45. The van der Waals surface area contributed by atoms with E-state index in [4.69, 9.17) is 16.3 Å². The van der Waals surface area contributed by atoms with Crippen molar-refractivity contribution in [3.05, 3.63) is 52.0 Å². The molecule has 1 aromatic heterocycles. The molecule has 0 aliphatic heterocycles. The number of ether oxygens (including phenoxy) is 1. The molecule has 2 aromatic rings. The van der Waals surface area contributed by atoms with E-state index in [1.807, 2.05) is 5.38 Å². The first-order chi connectivity index (χ1) is 10.4. The first-order valence-electron chi connectivity index (χ1n) is 7.49. The Hall–Kier alpha value is -0.900. The third-order valence-electron chi connectivity index (χ3n) is 3.26. The Balaban J connectivity index is 1.45. The Morgan fingerprint density at radius 1 is 1.00 bits per heavy atom. The molecule has 0 atom stereocenters. The highest BCUT2D eigenvalue weighted by Gasteiger charge is 2.00. The van der Waals surface area contributed by atoms with Gasteiger partial charge in [-0.1, -0.05) is 30.3 Å². The van der Waals surface area contributed by atoms with Gasteiger partial charge in [0.25, 0.3) is 0 Å². The van der Waals surface area contributed by atoms with Crippen LogP contribution in [0.1, 0.15) is 35.5 Å². The molecule has 21 heavy (non-hydrogen) atoms. The fourth-order valence-corrected chi connectivity index (χ4v) is 3.20. The summed E-state index contributed by atoms with van der Waals surface area (Å²) in [6.45, 7) is 1.70. The topological polar surface area (TPSA) is 22.1 Å². The number of unbranched alkanes of at least 4 members (excludes halogenated alkanes) is 1. The third kappa shape index (κ3) is 6.60. The van der Waals surface area contributed by atoms with Crippen LogP contribution in [0.5, 0.6) is 0 Å². The number of nitrogens with zero attached hydrogens (tertiary/aromatic N) is 1. The summed E-state index contributed by atoms with van der Waals surface area (Å²) in [7, 11) is 0. The number of thiazole rings is 1. The maximum atomic E-state index is 5.74. The van der Waals surface area contributed by atoms with Crippen LogP contribution in [0, 0.1) is 0 Å². The van der Waals surface area contributed by atoms with Gasteiger partial charge in [0.15, 0.2) is 0 Å². The number of hydrogen-bond donors (Lipinski definition) is 0. The monoisotopic (exact) mass is 323 g/mol. The van der Waals surface area contributed by atoms with E-state index in [-0.39, 0.29) is 0 Å². The van der Waals surface area contributed by atoms with E-state index in [9.17, 15) is 0 Å². The Bertz CT molecular complexity index is 501. The molecule has 114 valence electrons. The van der Waals surface area contributed by atoms with Gasteiger partial charge in [-0.25, -0.2) is 4.98 Å². The van der Waals surface area contributed by atoms with Gasteiger partial charge in [0.2, 0.25) is 0 Å². The van der Waals surface area contributed by atoms with Gasteiger partial charge < -0.3 is 4.74 Å². The molecule has 0 fully saturated rings. The van der Waals surface area contributed by atoms with Gasteiger partial charge in [-0.2, -0.15) is 0 Å². The fraction of sp³-hybridized carbons (Fsp3) is 0.471. The van der Waals surface area contributed by atoms with E-state index in [0.29, 0.717) is 5.88 Å². The largest absolute Gasteiger partial charge is 0.381 e. The first kappa shape index (κ1) is 16.5. The number of hydrogen-bond acceptors (Lipinski definition) is 3. The zero-order valence-corrected chi connectivity index (χ0v) is 13.8. The minimum atomic E-state index is 0.515. The normalized spacial score (nSPS) is 10.9. The molecule has 2 nitrogen and oxygen atoms in total. The average Bonchev–Trinajstić information content (AvgIpc) is 2.99. The summed E-state index contributed by atoms with van der Waals surface area (Å²) in [5.41, 5.74) is 2.38. The SMILES string of the molecule is ClCc1csc(CCCCOCCCc2ccccc2)n1. The maximum Gasteiger partial charge on any atom is 0.0928 e. The minimum absolute atomic E-state index is 0.515. The van der Waals surface area contributed by atoms with Crippen molar-refractivity contribution in [2.75, 3.05) is 13.2 Å². The summed E-state index contributed by atoms with van der Waals surface area (Å²) in [5.74, 6) is 0.515. The van der Waals surface area contributed by atoms with Crippen LogP contribution in [0.4, 0.5) is 0 Å². The molecular weight excluding hydrogens is 302 g/mol. The van der Waals surface area contributed by atoms with Gasteiger partial charge >= 0.3 is 0 Å². The van der Waals surface area contributed by atoms with Gasteiger partial charge in [-0.15, -0.1) is 22.9 Å². The predicted molar refractivity (Wildman–Crippen MR) is 90.2 cm³/mol. The van der Waals surface area contributed by atoms with Crippen LogP contribution in [0.25, 0.3) is 0 Å². The molecule has 1 aromatic carbocycles. The van der Waals surface area contributed by atoms with Crippen LogP contribution in [-0.2, 0) is 23.5 Å². The van der Waals surface area contributed by atoms with Crippen molar-refractivity contribution in [3.63, 3.8) is 0 Å². The number of aromatic nitrogens is 1. The van der Waals surface area contributed by atoms with Crippen molar-refractivity contribution < 1.29 is 4.74 Å². The number of halogens is 1. The van der Waals surface area contributed by atoms with Crippen LogP contribution in [0.15, 0.2) is 35.7 Å². The van der Waals surface area contributed by atoms with E-state index in [0.717, 1.165) is 51.0 Å². The lowest BCUT2D eigenvalue weighted by atomic mass is 10.1. The van der Waals surface area contributed by atoms with Crippen LogP contribution in [0.2, 0.25) is 0 Å². The maximum absolute atomic E-state index is 5.74. The quantitative estimate of drug-likeness (QED) is 0.460. The van der Waals surface area contributed by atoms with Crippen molar-refractivity contribution in [2.24, 2.45) is 0 Å². The molecule has 0 aliphatic rings. The molecule has 0 spiro atoms. The second-order valence-electron chi connectivity index (χ2n) is 5.02. The first-order valence-corrected chi connectivity index (χ1v) is 8.91. The predicted octanol–water partition coefficient (Wildman–Crippen LogP) is 4.85. The molecule has 0 radical (unpaired) electrons. The summed E-state index contributed by atoms with van der Waals surface area (Å²) in [6.07, 6.45) is 5.46. The molecule has 1 heterocycles. The molecule has 2 rings (SSSR count).